The van der Waals surface area contributed by atoms with Gasteiger partial charge in [-0.05, 0) is 26.7 Å². The van der Waals surface area contributed by atoms with Crippen LogP contribution in [0.15, 0.2) is 18.2 Å². The van der Waals surface area contributed by atoms with E-state index in [2.05, 4.69) is 53.1 Å². The van der Waals surface area contributed by atoms with Gasteiger partial charge in [-0.25, -0.2) is 0 Å². The van der Waals surface area contributed by atoms with Crippen molar-refractivity contribution in [1.29, 1.82) is 0 Å². The van der Waals surface area contributed by atoms with Gasteiger partial charge in [0.25, 0.3) is 0 Å². The number of quaternary nitrogens is 1. The van der Waals surface area contributed by atoms with Crippen LogP contribution in [0.4, 0.5) is 0 Å². The van der Waals surface area contributed by atoms with Crippen molar-refractivity contribution in [3.05, 3.63) is 34.9 Å². The first-order valence-corrected chi connectivity index (χ1v) is 13.3. The molecule has 0 amide bonds. The number of halogens is 1. The summed E-state index contributed by atoms with van der Waals surface area (Å²) < 4.78 is 1.11. The molecule has 0 aromatic heterocycles. The average molecular weight is 452 g/mol. The quantitative estimate of drug-likeness (QED) is 0.175. The minimum atomic E-state index is 0. The third-order valence-corrected chi connectivity index (χ3v) is 6.51. The van der Waals surface area contributed by atoms with Crippen LogP contribution in [0.1, 0.15) is 126 Å². The molecule has 0 atom stereocenters. The fourth-order valence-corrected chi connectivity index (χ4v) is 4.82. The molecule has 2 heteroatoms. The number of rotatable bonds is 19. The molecule has 0 spiro atoms. The molecular weight excluding hydrogens is 398 g/mol. The van der Waals surface area contributed by atoms with Crippen LogP contribution < -0.4 is 12.4 Å². The zero-order valence-corrected chi connectivity index (χ0v) is 22.5. The van der Waals surface area contributed by atoms with Gasteiger partial charge in [-0.2, -0.15) is 0 Å². The van der Waals surface area contributed by atoms with Crippen molar-refractivity contribution in [3.8, 4) is 0 Å². The Bertz CT molecular complexity index is 517. The highest BCUT2D eigenvalue weighted by atomic mass is 35.5. The molecule has 0 N–H and O–H groups in total. The van der Waals surface area contributed by atoms with Crippen LogP contribution in [0.3, 0.4) is 0 Å². The summed E-state index contributed by atoms with van der Waals surface area (Å²) in [4.78, 5) is 0. The molecule has 0 unspecified atom stereocenters. The van der Waals surface area contributed by atoms with Gasteiger partial charge in [-0.3, -0.25) is 0 Å². The van der Waals surface area contributed by atoms with E-state index in [1.165, 1.54) is 126 Å². The lowest BCUT2D eigenvalue weighted by Gasteiger charge is -2.30. The largest absolute Gasteiger partial charge is 1.00 e. The van der Waals surface area contributed by atoms with Crippen molar-refractivity contribution in [2.75, 3.05) is 20.6 Å². The Morgan fingerprint density at radius 1 is 0.548 bits per heavy atom. The Morgan fingerprint density at radius 3 is 1.29 bits per heavy atom. The highest BCUT2D eigenvalue weighted by molar-refractivity contribution is 5.27. The molecule has 31 heavy (non-hydrogen) atoms. The van der Waals surface area contributed by atoms with E-state index in [1.54, 1.807) is 0 Å². The summed E-state index contributed by atoms with van der Waals surface area (Å²) in [5.74, 6) is 0. The summed E-state index contributed by atoms with van der Waals surface area (Å²) in [7, 11) is 4.78. The molecule has 0 aliphatic rings. The molecular formula is C29H54ClN. The van der Waals surface area contributed by atoms with Crippen molar-refractivity contribution in [2.24, 2.45) is 0 Å². The molecule has 0 bridgehead atoms. The van der Waals surface area contributed by atoms with E-state index < -0.39 is 0 Å². The van der Waals surface area contributed by atoms with Gasteiger partial charge in [-0.1, -0.05) is 126 Å². The number of benzene rings is 1. The molecule has 0 saturated carbocycles. The SMILES string of the molecule is CCCCCCCCCCCCCCCCCC[N+](C)(C)Cc1cc(C)cc(C)c1.[Cl-]. The standard InChI is InChI=1S/C29H54N.ClH/c1-6-7-8-9-10-11-12-13-14-15-16-17-18-19-20-21-22-30(4,5)26-29-24-27(2)23-28(3)25-29;/h23-25H,6-22,26H2,1-5H3;1H/q+1;/p-1. The van der Waals surface area contributed by atoms with Crippen LogP contribution in [0.5, 0.6) is 0 Å². The molecule has 1 nitrogen and oxygen atoms in total. The highest BCUT2D eigenvalue weighted by Crippen LogP contribution is 2.17. The monoisotopic (exact) mass is 451 g/mol. The lowest BCUT2D eigenvalue weighted by molar-refractivity contribution is -0.903. The predicted octanol–water partition coefficient (Wildman–Crippen LogP) is 6.15. The van der Waals surface area contributed by atoms with Gasteiger partial charge in [-0.15, -0.1) is 0 Å². The fourth-order valence-electron chi connectivity index (χ4n) is 4.82. The second-order valence-corrected chi connectivity index (χ2v) is 10.6. The zero-order valence-electron chi connectivity index (χ0n) is 21.8. The van der Waals surface area contributed by atoms with E-state index >= 15 is 0 Å². The molecule has 0 aliphatic heterocycles. The Hall–Kier alpha value is -0.530. The Labute approximate surface area is 202 Å². The van der Waals surface area contributed by atoms with Crippen LogP contribution in [-0.2, 0) is 6.54 Å². The van der Waals surface area contributed by atoms with Gasteiger partial charge in [0.05, 0.1) is 20.6 Å². The smallest absolute Gasteiger partial charge is 0.104 e. The first-order chi connectivity index (χ1) is 14.4. The Morgan fingerprint density at radius 2 is 0.903 bits per heavy atom. The van der Waals surface area contributed by atoms with Crippen LogP contribution in [0.2, 0.25) is 0 Å². The van der Waals surface area contributed by atoms with Crippen LogP contribution in [-0.4, -0.2) is 25.1 Å². The summed E-state index contributed by atoms with van der Waals surface area (Å²) in [6, 6.07) is 7.00. The molecule has 1 aromatic carbocycles. The van der Waals surface area contributed by atoms with Crippen molar-refractivity contribution in [1.82, 2.24) is 0 Å². The summed E-state index contributed by atoms with van der Waals surface area (Å²) in [6.45, 7) is 9.18. The fraction of sp³-hybridized carbons (Fsp3) is 0.793. The van der Waals surface area contributed by atoms with Gasteiger partial charge >= 0.3 is 0 Å². The minimum Gasteiger partial charge on any atom is -1.00 e. The Kier molecular flexibility index (Phi) is 18.7. The van der Waals surface area contributed by atoms with Gasteiger partial charge in [0, 0.05) is 5.56 Å². The molecule has 0 saturated heterocycles. The van der Waals surface area contributed by atoms with E-state index in [0.29, 0.717) is 0 Å². The molecule has 0 fully saturated rings. The van der Waals surface area contributed by atoms with Crippen molar-refractivity contribution in [3.63, 3.8) is 0 Å². The summed E-state index contributed by atoms with van der Waals surface area (Å²) in [6.07, 6.45) is 23.1. The first-order valence-electron chi connectivity index (χ1n) is 13.3. The van der Waals surface area contributed by atoms with Crippen LogP contribution >= 0.6 is 0 Å². The molecule has 1 aromatic rings. The number of hydrogen-bond donors (Lipinski definition) is 0. The molecule has 1 rings (SSSR count). The van der Waals surface area contributed by atoms with Crippen molar-refractivity contribution >= 4 is 0 Å². The number of aryl methyl sites for hydroxylation is 2. The second-order valence-electron chi connectivity index (χ2n) is 10.6. The lowest BCUT2D eigenvalue weighted by atomic mass is 10.0. The summed E-state index contributed by atoms with van der Waals surface area (Å²) >= 11 is 0. The van der Waals surface area contributed by atoms with E-state index in [0.717, 1.165) is 11.0 Å². The van der Waals surface area contributed by atoms with Gasteiger partial charge in [0.15, 0.2) is 0 Å². The third kappa shape index (κ3) is 17.7. The molecule has 0 radical (unpaired) electrons. The van der Waals surface area contributed by atoms with E-state index in [-0.39, 0.29) is 12.4 Å². The third-order valence-electron chi connectivity index (χ3n) is 6.51. The lowest BCUT2D eigenvalue weighted by Crippen LogP contribution is -3.00. The zero-order chi connectivity index (χ0) is 22.1. The molecule has 182 valence electrons. The van der Waals surface area contributed by atoms with Crippen LogP contribution in [0.25, 0.3) is 0 Å². The Balaban J connectivity index is 0.00000900. The van der Waals surface area contributed by atoms with Crippen LogP contribution in [0, 0.1) is 13.8 Å². The van der Waals surface area contributed by atoms with Gasteiger partial charge < -0.3 is 16.9 Å². The summed E-state index contributed by atoms with van der Waals surface area (Å²) in [5, 5.41) is 0. The second kappa shape index (κ2) is 19.0. The maximum absolute atomic E-state index is 2.39. The van der Waals surface area contributed by atoms with Crippen molar-refractivity contribution < 1.29 is 16.9 Å². The normalized spacial score (nSPS) is 11.5. The van der Waals surface area contributed by atoms with Gasteiger partial charge in [0.2, 0.25) is 0 Å². The number of nitrogens with zero attached hydrogens (tertiary/aromatic N) is 1. The number of unbranched alkanes of at least 4 members (excludes halogenated alkanes) is 15. The number of hydrogen-bond acceptors (Lipinski definition) is 0. The van der Waals surface area contributed by atoms with Crippen molar-refractivity contribution in [2.45, 2.75) is 130 Å². The average Bonchev–Trinajstić information content (AvgIpc) is 2.66. The minimum absolute atomic E-state index is 0. The topological polar surface area (TPSA) is 0 Å². The van der Waals surface area contributed by atoms with E-state index in [4.69, 9.17) is 0 Å². The molecule has 0 heterocycles. The first kappa shape index (κ1) is 30.5. The van der Waals surface area contributed by atoms with E-state index in [9.17, 15) is 0 Å². The highest BCUT2D eigenvalue weighted by Gasteiger charge is 2.15. The van der Waals surface area contributed by atoms with E-state index in [1.807, 2.05) is 0 Å². The summed E-state index contributed by atoms with van der Waals surface area (Å²) in [5.41, 5.74) is 4.29. The maximum atomic E-state index is 2.39. The van der Waals surface area contributed by atoms with Gasteiger partial charge in [0.1, 0.15) is 6.54 Å². The molecule has 0 aliphatic carbocycles. The predicted molar refractivity (Wildman–Crippen MR) is 136 cm³/mol. The maximum Gasteiger partial charge on any atom is 0.104 e.